The van der Waals surface area contributed by atoms with Crippen LogP contribution in [0.5, 0.6) is 0 Å². The van der Waals surface area contributed by atoms with Crippen molar-refractivity contribution in [1.82, 2.24) is 10.2 Å². The summed E-state index contributed by atoms with van der Waals surface area (Å²) in [6.07, 6.45) is 4.62. The lowest BCUT2D eigenvalue weighted by Crippen LogP contribution is -2.45. The molecule has 154 valence electrons. The number of esters is 1. The monoisotopic (exact) mass is 398 g/mol. The van der Waals surface area contributed by atoms with E-state index in [1.165, 1.54) is 24.3 Å². The van der Waals surface area contributed by atoms with Crippen LogP contribution in [-0.4, -0.2) is 47.8 Å². The Bertz CT molecular complexity index is 863. The van der Waals surface area contributed by atoms with Gasteiger partial charge in [-0.3, -0.25) is 19.3 Å². The van der Waals surface area contributed by atoms with Crippen LogP contribution in [0.4, 0.5) is 0 Å². The minimum Gasteiger partial charge on any atom is -0.452 e. The number of benzene rings is 1. The molecule has 1 fully saturated rings. The van der Waals surface area contributed by atoms with Crippen LogP contribution in [-0.2, 0) is 9.53 Å². The summed E-state index contributed by atoms with van der Waals surface area (Å²) < 4.78 is 5.11. The zero-order valence-electron chi connectivity index (χ0n) is 16.8. The summed E-state index contributed by atoms with van der Waals surface area (Å²) in [5.41, 5.74) is 0.519. The van der Waals surface area contributed by atoms with Gasteiger partial charge in [-0.1, -0.05) is 32.8 Å². The van der Waals surface area contributed by atoms with Crippen LogP contribution in [0.25, 0.3) is 0 Å². The summed E-state index contributed by atoms with van der Waals surface area (Å²) in [7, 11) is 0. The van der Waals surface area contributed by atoms with Gasteiger partial charge >= 0.3 is 5.97 Å². The highest BCUT2D eigenvalue weighted by molar-refractivity contribution is 6.22. The maximum Gasteiger partial charge on any atom is 0.338 e. The fraction of sp³-hybridized carbons (Fsp3) is 0.455. The molecule has 1 saturated carbocycles. The maximum absolute atomic E-state index is 12.4. The van der Waals surface area contributed by atoms with E-state index < -0.39 is 17.8 Å². The highest BCUT2D eigenvalue weighted by atomic mass is 16.5. The lowest BCUT2D eigenvalue weighted by atomic mass is 9.78. The third kappa shape index (κ3) is 4.23. The Labute approximate surface area is 170 Å². The van der Waals surface area contributed by atoms with Crippen molar-refractivity contribution in [2.24, 2.45) is 11.8 Å². The van der Waals surface area contributed by atoms with Crippen LogP contribution in [0.3, 0.4) is 0 Å². The molecule has 0 radical (unpaired) electrons. The van der Waals surface area contributed by atoms with Gasteiger partial charge in [0.05, 0.1) is 16.7 Å². The lowest BCUT2D eigenvalue weighted by Gasteiger charge is -2.34. The van der Waals surface area contributed by atoms with E-state index in [0.29, 0.717) is 11.8 Å². The zero-order valence-corrected chi connectivity index (χ0v) is 16.8. The van der Waals surface area contributed by atoms with Crippen molar-refractivity contribution in [2.75, 3.05) is 13.2 Å². The number of hydrogen-bond donors (Lipinski definition) is 1. The average molecular weight is 398 g/mol. The molecule has 2 aliphatic rings. The van der Waals surface area contributed by atoms with Crippen LogP contribution >= 0.6 is 0 Å². The van der Waals surface area contributed by atoms with Crippen molar-refractivity contribution in [3.05, 3.63) is 47.5 Å². The van der Waals surface area contributed by atoms with E-state index in [4.69, 9.17) is 4.74 Å². The van der Waals surface area contributed by atoms with Crippen molar-refractivity contribution in [3.8, 4) is 0 Å². The molecule has 0 unspecified atom stereocenters. The van der Waals surface area contributed by atoms with Crippen LogP contribution in [0.1, 0.15) is 64.2 Å². The first-order chi connectivity index (χ1) is 13.8. The molecular weight excluding hydrogens is 372 g/mol. The zero-order chi connectivity index (χ0) is 21.1. The number of nitrogens with one attached hydrogen (secondary N) is 1. The largest absolute Gasteiger partial charge is 0.452 e. The van der Waals surface area contributed by atoms with Crippen LogP contribution in [0, 0.1) is 11.8 Å². The molecule has 0 saturated heterocycles. The van der Waals surface area contributed by atoms with Crippen LogP contribution in [0.2, 0.25) is 0 Å². The molecule has 0 bridgehead atoms. The minimum atomic E-state index is -0.713. The Morgan fingerprint density at radius 1 is 1.21 bits per heavy atom. The van der Waals surface area contributed by atoms with Crippen molar-refractivity contribution < 1.29 is 23.9 Å². The number of amides is 3. The van der Waals surface area contributed by atoms with E-state index in [9.17, 15) is 19.2 Å². The summed E-state index contributed by atoms with van der Waals surface area (Å²) in [6, 6.07) is 4.28. The predicted molar refractivity (Wildman–Crippen MR) is 106 cm³/mol. The van der Waals surface area contributed by atoms with Crippen molar-refractivity contribution in [3.63, 3.8) is 0 Å². The van der Waals surface area contributed by atoms with Gasteiger partial charge in [0.15, 0.2) is 6.61 Å². The summed E-state index contributed by atoms with van der Waals surface area (Å²) in [6.45, 7) is 7.55. The number of nitrogens with zero attached hydrogens (tertiary/aromatic N) is 1. The second-order valence-electron chi connectivity index (χ2n) is 7.79. The van der Waals surface area contributed by atoms with Gasteiger partial charge in [-0.05, 0) is 36.5 Å². The third-order valence-corrected chi connectivity index (χ3v) is 5.91. The van der Waals surface area contributed by atoms with Gasteiger partial charge in [-0.15, -0.1) is 6.58 Å². The number of imide groups is 1. The number of carbonyl (C=O) groups excluding carboxylic acids is 4. The fourth-order valence-corrected chi connectivity index (χ4v) is 3.96. The smallest absolute Gasteiger partial charge is 0.338 e. The van der Waals surface area contributed by atoms with Gasteiger partial charge in [-0.25, -0.2) is 4.79 Å². The predicted octanol–water partition coefficient (Wildman–Crippen LogP) is 2.57. The van der Waals surface area contributed by atoms with Gasteiger partial charge in [0.1, 0.15) is 0 Å². The molecule has 1 heterocycles. The molecule has 1 aromatic rings. The highest BCUT2D eigenvalue weighted by Crippen LogP contribution is 2.29. The Morgan fingerprint density at radius 3 is 2.66 bits per heavy atom. The van der Waals surface area contributed by atoms with E-state index >= 15 is 0 Å². The molecule has 7 nitrogen and oxygen atoms in total. The minimum absolute atomic E-state index is 0.0874. The van der Waals surface area contributed by atoms with Crippen LogP contribution in [0.15, 0.2) is 30.9 Å². The molecule has 1 aromatic carbocycles. The molecular formula is C22H26N2O5. The Balaban J connectivity index is 1.59. The molecule has 7 heteroatoms. The molecule has 0 spiro atoms. The Morgan fingerprint density at radius 2 is 1.93 bits per heavy atom. The van der Waals surface area contributed by atoms with Gasteiger partial charge in [0.2, 0.25) is 0 Å². The summed E-state index contributed by atoms with van der Waals surface area (Å²) in [5.74, 6) is -1.02. The molecule has 1 aliphatic carbocycles. The van der Waals surface area contributed by atoms with Gasteiger partial charge in [0, 0.05) is 12.6 Å². The normalized spacial score (nSPS) is 23.5. The lowest BCUT2D eigenvalue weighted by molar-refractivity contribution is -0.125. The number of fused-ring (bicyclic) bond motifs is 1. The molecule has 0 aromatic heterocycles. The number of ether oxygens (including phenoxy) is 1. The molecule has 3 amide bonds. The molecule has 3 rings (SSSR count). The van der Waals surface area contributed by atoms with Crippen LogP contribution < -0.4 is 5.32 Å². The standard InChI is InChI=1S/C22H26N2O5/c1-4-10-24-20(26)16-9-8-15(11-17(16)21(24)27)22(28)29-12-19(25)23-18-7-5-6-13(2)14(18)3/h4,8-9,11,13-14,18H,1,5-7,10,12H2,2-3H3,(H,23,25)/t13-,14+,18-/m0/s1. The van der Waals surface area contributed by atoms with E-state index in [2.05, 4.69) is 25.7 Å². The van der Waals surface area contributed by atoms with E-state index in [1.807, 2.05) is 0 Å². The van der Waals surface area contributed by atoms with E-state index in [1.54, 1.807) is 0 Å². The van der Waals surface area contributed by atoms with E-state index in [0.717, 1.165) is 24.2 Å². The quantitative estimate of drug-likeness (QED) is 0.452. The van der Waals surface area contributed by atoms with Crippen molar-refractivity contribution in [1.29, 1.82) is 0 Å². The summed E-state index contributed by atoms with van der Waals surface area (Å²) in [4.78, 5) is 50.2. The van der Waals surface area contributed by atoms with Crippen molar-refractivity contribution >= 4 is 23.7 Å². The number of hydrogen-bond acceptors (Lipinski definition) is 5. The number of carbonyl (C=O) groups is 4. The van der Waals surface area contributed by atoms with Gasteiger partial charge in [0.25, 0.3) is 17.7 Å². The molecule has 1 aliphatic heterocycles. The average Bonchev–Trinajstić information content (AvgIpc) is 2.94. The second-order valence-corrected chi connectivity index (χ2v) is 7.79. The van der Waals surface area contributed by atoms with E-state index in [-0.39, 0.29) is 41.8 Å². The molecule has 29 heavy (non-hydrogen) atoms. The van der Waals surface area contributed by atoms with Gasteiger partial charge in [-0.2, -0.15) is 0 Å². The third-order valence-electron chi connectivity index (χ3n) is 5.91. The first-order valence-electron chi connectivity index (χ1n) is 9.91. The summed E-state index contributed by atoms with van der Waals surface area (Å²) in [5, 5.41) is 2.95. The Kier molecular flexibility index (Phi) is 6.15. The second kappa shape index (κ2) is 8.59. The van der Waals surface area contributed by atoms with Gasteiger partial charge < -0.3 is 10.1 Å². The first kappa shape index (κ1) is 20.8. The fourth-order valence-electron chi connectivity index (χ4n) is 3.96. The maximum atomic E-state index is 12.4. The van der Waals surface area contributed by atoms with Crippen molar-refractivity contribution in [2.45, 2.75) is 39.2 Å². The molecule has 3 atom stereocenters. The Hall–Kier alpha value is -2.96. The highest BCUT2D eigenvalue weighted by Gasteiger charge is 2.35. The SMILES string of the molecule is C=CCN1C(=O)c2ccc(C(=O)OCC(=O)N[C@H]3CCC[C@H](C)[C@H]3C)cc2C1=O. The summed E-state index contributed by atoms with van der Waals surface area (Å²) >= 11 is 0. The number of rotatable bonds is 6. The topological polar surface area (TPSA) is 92.8 Å². The molecule has 1 N–H and O–H groups in total. The first-order valence-corrected chi connectivity index (χ1v) is 9.91.